The normalized spacial score (nSPS) is 11.0. The number of aromatic nitrogens is 4. The van der Waals surface area contributed by atoms with E-state index in [0.29, 0.717) is 17.4 Å². The van der Waals surface area contributed by atoms with E-state index >= 15 is 0 Å². The Morgan fingerprint density at radius 1 is 1.36 bits per heavy atom. The van der Waals surface area contributed by atoms with Crippen LogP contribution < -0.4 is 4.74 Å². The average molecular weight is 422 g/mol. The molecule has 0 aliphatic carbocycles. The molecule has 0 saturated heterocycles. The van der Waals surface area contributed by atoms with Gasteiger partial charge in [0.2, 0.25) is 5.16 Å². The van der Waals surface area contributed by atoms with Gasteiger partial charge in [-0.1, -0.05) is 23.4 Å². The zero-order valence-corrected chi connectivity index (χ0v) is 16.9. The number of carbonyl (C=O) groups is 1. The molecule has 0 radical (unpaired) electrons. The van der Waals surface area contributed by atoms with Gasteiger partial charge in [-0.15, -0.1) is 5.10 Å². The quantitative estimate of drug-likeness (QED) is 0.195. The smallest absolute Gasteiger partial charge is 0.311 e. The van der Waals surface area contributed by atoms with E-state index in [0.717, 1.165) is 23.0 Å². The van der Waals surface area contributed by atoms with Gasteiger partial charge < -0.3 is 4.74 Å². The van der Waals surface area contributed by atoms with Crippen molar-refractivity contribution in [3.05, 3.63) is 50.3 Å². The maximum absolute atomic E-state index is 12.2. The molecule has 9 nitrogen and oxygen atoms in total. The predicted octanol–water partition coefficient (Wildman–Crippen LogP) is 3.56. The zero-order chi connectivity index (χ0) is 20.4. The summed E-state index contributed by atoms with van der Waals surface area (Å²) < 4.78 is 6.90. The first kappa shape index (κ1) is 20.0. The molecule has 0 aliphatic heterocycles. The lowest BCUT2D eigenvalue weighted by atomic mass is 10.1. The molecule has 28 heavy (non-hydrogen) atoms. The largest absolute Gasteiger partial charge is 0.425 e. The maximum atomic E-state index is 12.2. The molecule has 11 heteroatoms. The molecule has 3 aromatic rings. The summed E-state index contributed by atoms with van der Waals surface area (Å²) in [6, 6.07) is 3.68. The number of nitrogens with zero attached hydrogens (tertiary/aromatic N) is 5. The monoisotopic (exact) mass is 421 g/mol. The van der Waals surface area contributed by atoms with Crippen LogP contribution in [0.5, 0.6) is 5.75 Å². The Hall–Kier alpha value is -2.72. The minimum atomic E-state index is -0.571. The fourth-order valence-corrected chi connectivity index (χ4v) is 3.27. The van der Waals surface area contributed by atoms with Crippen LogP contribution in [0.25, 0.3) is 5.78 Å². The number of hydrogen-bond acceptors (Lipinski definition) is 8. The number of benzene rings is 1. The molecule has 0 aliphatic rings. The van der Waals surface area contributed by atoms with Crippen molar-refractivity contribution in [2.24, 2.45) is 0 Å². The number of thioether (sulfide) groups is 1. The van der Waals surface area contributed by atoms with E-state index in [2.05, 4.69) is 15.1 Å². The molecule has 0 unspecified atom stereocenters. The van der Waals surface area contributed by atoms with E-state index in [1.165, 1.54) is 23.9 Å². The molecule has 0 atom stereocenters. The molecule has 0 spiro atoms. The Labute approximate surface area is 169 Å². The van der Waals surface area contributed by atoms with Crippen molar-refractivity contribution in [1.29, 1.82) is 0 Å². The Morgan fingerprint density at radius 2 is 2.11 bits per heavy atom. The van der Waals surface area contributed by atoms with Crippen molar-refractivity contribution in [1.82, 2.24) is 19.6 Å². The van der Waals surface area contributed by atoms with Gasteiger partial charge in [0.1, 0.15) is 5.75 Å². The first-order chi connectivity index (χ1) is 13.3. The van der Waals surface area contributed by atoms with Crippen LogP contribution in [0, 0.1) is 24.0 Å². The van der Waals surface area contributed by atoms with Gasteiger partial charge in [-0.2, -0.15) is 4.98 Å². The fourth-order valence-electron chi connectivity index (χ4n) is 2.73. The lowest BCUT2D eigenvalue weighted by Crippen LogP contribution is -2.12. The number of non-ortho nitro benzene ring substituents is 1. The van der Waals surface area contributed by atoms with Gasteiger partial charge >= 0.3 is 5.97 Å². The number of aryl methyl sites for hydroxylation is 2. The second-order valence-electron chi connectivity index (χ2n) is 5.92. The topological polar surface area (TPSA) is 113 Å². The summed E-state index contributed by atoms with van der Waals surface area (Å²) in [6.07, 6.45) is 2.38. The lowest BCUT2D eigenvalue weighted by Gasteiger charge is -2.10. The number of hydrogen-bond donors (Lipinski definition) is 0. The molecule has 0 saturated carbocycles. The van der Waals surface area contributed by atoms with Crippen molar-refractivity contribution in [2.45, 2.75) is 31.8 Å². The Bertz CT molecular complexity index is 1090. The summed E-state index contributed by atoms with van der Waals surface area (Å²) in [4.78, 5) is 31.2. The number of ether oxygens (including phenoxy) is 1. The van der Waals surface area contributed by atoms with E-state index < -0.39 is 10.9 Å². The highest BCUT2D eigenvalue weighted by Crippen LogP contribution is 2.29. The van der Waals surface area contributed by atoms with E-state index in [1.807, 2.05) is 20.1 Å². The van der Waals surface area contributed by atoms with E-state index in [1.54, 1.807) is 4.52 Å². The lowest BCUT2D eigenvalue weighted by molar-refractivity contribution is -0.384. The summed E-state index contributed by atoms with van der Waals surface area (Å²) in [5.74, 6) is 0.0987. The predicted molar refractivity (Wildman–Crippen MR) is 104 cm³/mol. The molecule has 1 aromatic carbocycles. The summed E-state index contributed by atoms with van der Waals surface area (Å²) in [5.41, 5.74) is 2.34. The van der Waals surface area contributed by atoms with Gasteiger partial charge in [0.15, 0.2) is 0 Å². The third-order valence-corrected chi connectivity index (χ3v) is 4.97. The van der Waals surface area contributed by atoms with Gasteiger partial charge in [0.25, 0.3) is 11.5 Å². The van der Waals surface area contributed by atoms with Crippen molar-refractivity contribution < 1.29 is 14.5 Å². The van der Waals surface area contributed by atoms with Crippen LogP contribution in [0.1, 0.15) is 23.4 Å². The molecule has 0 fully saturated rings. The van der Waals surface area contributed by atoms with E-state index in [-0.39, 0.29) is 22.9 Å². The molecule has 3 rings (SSSR count). The van der Waals surface area contributed by atoms with Gasteiger partial charge in [-0.3, -0.25) is 14.9 Å². The van der Waals surface area contributed by atoms with E-state index in [4.69, 9.17) is 16.3 Å². The van der Waals surface area contributed by atoms with Crippen LogP contribution in [0.15, 0.2) is 23.4 Å². The third-order valence-electron chi connectivity index (χ3n) is 4.14. The van der Waals surface area contributed by atoms with Crippen molar-refractivity contribution in [3.63, 3.8) is 0 Å². The van der Waals surface area contributed by atoms with Crippen LogP contribution in [-0.2, 0) is 11.2 Å². The molecule has 0 amide bonds. The van der Waals surface area contributed by atoms with Crippen LogP contribution in [0.4, 0.5) is 5.69 Å². The van der Waals surface area contributed by atoms with Gasteiger partial charge in [-0.25, -0.2) is 9.50 Å². The molecule has 0 bridgehead atoms. The van der Waals surface area contributed by atoms with Crippen LogP contribution in [0.2, 0.25) is 5.02 Å². The highest BCUT2D eigenvalue weighted by Gasteiger charge is 2.17. The number of nitro benzene ring substituents is 1. The second-order valence-corrected chi connectivity index (χ2v) is 7.10. The number of esters is 1. The Morgan fingerprint density at radius 3 is 2.75 bits per heavy atom. The number of rotatable bonds is 6. The molecular weight excluding hydrogens is 406 g/mol. The minimum Gasteiger partial charge on any atom is -0.425 e. The molecule has 2 heterocycles. The standard InChI is InChI=1S/C17H16ClN5O4S/c1-9-12(10(2)22-16(19-9)20-17(21-22)28-3)5-7-15(24)27-14-6-4-11(23(25)26)8-13(14)18/h4,6,8H,5,7H2,1-3H3. The minimum absolute atomic E-state index is 0.00482. The molecule has 2 aromatic heterocycles. The summed E-state index contributed by atoms with van der Waals surface area (Å²) in [6.45, 7) is 3.75. The SMILES string of the molecule is CSc1nc2nc(C)c(CCC(=O)Oc3ccc([N+](=O)[O-])cc3Cl)c(C)n2n1. The summed E-state index contributed by atoms with van der Waals surface area (Å²) in [7, 11) is 0. The van der Waals surface area contributed by atoms with Gasteiger partial charge in [0, 0.05) is 23.5 Å². The number of carbonyl (C=O) groups excluding carboxylic acids is 1. The van der Waals surface area contributed by atoms with Crippen molar-refractivity contribution in [2.75, 3.05) is 6.26 Å². The molecular formula is C17H16ClN5O4S. The highest BCUT2D eigenvalue weighted by atomic mass is 35.5. The first-order valence-corrected chi connectivity index (χ1v) is 9.82. The number of fused-ring (bicyclic) bond motifs is 1. The average Bonchev–Trinajstić information content (AvgIpc) is 3.06. The summed E-state index contributed by atoms with van der Waals surface area (Å²) in [5, 5.41) is 15.8. The maximum Gasteiger partial charge on any atom is 0.311 e. The van der Waals surface area contributed by atoms with Gasteiger partial charge in [0.05, 0.1) is 16.4 Å². The Balaban J connectivity index is 1.73. The van der Waals surface area contributed by atoms with Crippen LogP contribution >= 0.6 is 23.4 Å². The number of halogens is 1. The van der Waals surface area contributed by atoms with Crippen LogP contribution in [0.3, 0.4) is 0 Å². The fraction of sp³-hybridized carbons (Fsp3) is 0.294. The van der Waals surface area contributed by atoms with Crippen molar-refractivity contribution >= 4 is 40.8 Å². The highest BCUT2D eigenvalue weighted by molar-refractivity contribution is 7.98. The van der Waals surface area contributed by atoms with Gasteiger partial charge in [-0.05, 0) is 38.2 Å². The number of nitro groups is 1. The first-order valence-electron chi connectivity index (χ1n) is 8.21. The molecule has 0 N–H and O–H groups in total. The second kappa shape index (κ2) is 8.11. The Kier molecular flexibility index (Phi) is 5.80. The third kappa shape index (κ3) is 4.07. The van der Waals surface area contributed by atoms with E-state index in [9.17, 15) is 14.9 Å². The molecule has 146 valence electrons. The summed E-state index contributed by atoms with van der Waals surface area (Å²) >= 11 is 7.38. The van der Waals surface area contributed by atoms with Crippen molar-refractivity contribution in [3.8, 4) is 5.75 Å². The van der Waals surface area contributed by atoms with Crippen LogP contribution in [-0.4, -0.2) is 36.7 Å². The zero-order valence-electron chi connectivity index (χ0n) is 15.3.